The molecule has 0 amide bonds. The van der Waals surface area contributed by atoms with Crippen LogP contribution in [0.25, 0.3) is 0 Å². The van der Waals surface area contributed by atoms with Crippen LogP contribution in [0.1, 0.15) is 58.8 Å². The number of carboxylic acid groups (broad SMARTS) is 1. The number of aliphatic hydroxyl groups excluding tert-OH is 1. The summed E-state index contributed by atoms with van der Waals surface area (Å²) < 4.78 is 4.44. The number of benzene rings is 1. The summed E-state index contributed by atoms with van der Waals surface area (Å²) in [5.41, 5.74) is 0. The van der Waals surface area contributed by atoms with Crippen molar-refractivity contribution in [1.29, 1.82) is 0 Å². The van der Waals surface area contributed by atoms with E-state index in [0.717, 1.165) is 24.2 Å². The first-order valence-electron chi connectivity index (χ1n) is 9.76. The number of hydrogen-bond acceptors (Lipinski definition) is 5. The van der Waals surface area contributed by atoms with Gasteiger partial charge in [-0.25, -0.2) is 4.79 Å². The lowest BCUT2D eigenvalue weighted by Crippen LogP contribution is -2.46. The zero-order valence-corrected chi connectivity index (χ0v) is 16.9. The lowest BCUT2D eigenvalue weighted by Gasteiger charge is -2.30. The molecule has 4 atom stereocenters. The minimum atomic E-state index is -1.64. The molecule has 2 rings (SSSR count). The van der Waals surface area contributed by atoms with Gasteiger partial charge in [-0.2, -0.15) is 0 Å². The van der Waals surface area contributed by atoms with Crippen LogP contribution in [0, 0.1) is 5.92 Å². The lowest BCUT2D eigenvalue weighted by atomic mass is 9.84. The Balaban J connectivity index is 2.10. The Hall–Kier alpha value is -1.53. The van der Waals surface area contributed by atoms with Crippen LogP contribution in [0.4, 0.5) is 0 Å². The van der Waals surface area contributed by atoms with Crippen molar-refractivity contribution < 1.29 is 24.5 Å². The number of hydrogen-bond donors (Lipinski definition) is 2. The molecule has 0 bridgehead atoms. The minimum absolute atomic E-state index is 0.447. The third kappa shape index (κ3) is 5.48. The number of esters is 1. The summed E-state index contributed by atoms with van der Waals surface area (Å²) in [6.45, 7) is 3.85. The zero-order valence-electron chi connectivity index (χ0n) is 16.1. The standard InChI is InChI=1S/C21H30O5S/c1-3-4-5-6-7-11-14-16-17(18(22)19(23)24)21(2,20(25)26-16)27-15-12-9-8-10-13-15/h8-10,12-13,16-18,22H,3-7,11,14H2,1-2H3,(H,23,24)/t16-,17+,18+,21-/m0/s1. The third-order valence-corrected chi connectivity index (χ3v) is 6.58. The summed E-state index contributed by atoms with van der Waals surface area (Å²) >= 11 is 1.27. The van der Waals surface area contributed by atoms with Crippen LogP contribution < -0.4 is 0 Å². The molecule has 1 aliphatic heterocycles. The monoisotopic (exact) mass is 394 g/mol. The van der Waals surface area contributed by atoms with Gasteiger partial charge in [-0.05, 0) is 31.9 Å². The molecular weight excluding hydrogens is 364 g/mol. The highest BCUT2D eigenvalue weighted by Crippen LogP contribution is 2.48. The van der Waals surface area contributed by atoms with Gasteiger partial charge >= 0.3 is 11.9 Å². The van der Waals surface area contributed by atoms with Gasteiger partial charge in [-0.3, -0.25) is 4.79 Å². The van der Waals surface area contributed by atoms with Gasteiger partial charge in [0.2, 0.25) is 0 Å². The predicted octanol–water partition coefficient (Wildman–Crippen LogP) is 4.28. The summed E-state index contributed by atoms with van der Waals surface area (Å²) in [5, 5.41) is 19.7. The summed E-state index contributed by atoms with van der Waals surface area (Å²) in [4.78, 5) is 25.0. The number of aliphatic hydroxyl groups is 1. The van der Waals surface area contributed by atoms with E-state index in [4.69, 9.17) is 4.74 Å². The zero-order chi connectivity index (χ0) is 19.9. The van der Waals surface area contributed by atoms with Crippen LogP contribution in [0.5, 0.6) is 0 Å². The predicted molar refractivity (Wildman–Crippen MR) is 106 cm³/mol. The number of aliphatic carboxylic acids is 1. The van der Waals surface area contributed by atoms with Crippen LogP contribution in [-0.4, -0.2) is 39.1 Å². The van der Waals surface area contributed by atoms with Crippen molar-refractivity contribution in [2.75, 3.05) is 0 Å². The molecule has 1 aromatic rings. The summed E-state index contributed by atoms with van der Waals surface area (Å²) in [6.07, 6.45) is 4.95. The molecule has 2 N–H and O–H groups in total. The fourth-order valence-electron chi connectivity index (χ4n) is 3.68. The van der Waals surface area contributed by atoms with Gasteiger partial charge in [0, 0.05) is 4.90 Å². The van der Waals surface area contributed by atoms with Gasteiger partial charge in [0.1, 0.15) is 10.9 Å². The van der Waals surface area contributed by atoms with E-state index in [0.29, 0.717) is 6.42 Å². The van der Waals surface area contributed by atoms with Crippen molar-refractivity contribution in [2.24, 2.45) is 5.92 Å². The molecule has 5 nitrogen and oxygen atoms in total. The Kier molecular flexibility index (Phi) is 8.17. The fourth-order valence-corrected chi connectivity index (χ4v) is 5.02. The molecule has 150 valence electrons. The Labute approximate surface area is 165 Å². The first-order chi connectivity index (χ1) is 12.9. The lowest BCUT2D eigenvalue weighted by molar-refractivity contribution is -0.152. The number of unbranched alkanes of at least 4 members (excludes halogenated alkanes) is 5. The van der Waals surface area contributed by atoms with Crippen LogP contribution >= 0.6 is 11.8 Å². The Morgan fingerprint density at radius 1 is 1.19 bits per heavy atom. The number of carboxylic acids is 1. The van der Waals surface area contributed by atoms with Gasteiger partial charge < -0.3 is 14.9 Å². The maximum absolute atomic E-state index is 12.7. The third-order valence-electron chi connectivity index (χ3n) is 5.21. The van der Waals surface area contributed by atoms with E-state index in [1.807, 2.05) is 30.3 Å². The van der Waals surface area contributed by atoms with E-state index in [2.05, 4.69) is 6.92 Å². The first kappa shape index (κ1) is 21.8. The molecule has 1 saturated heterocycles. The molecule has 0 aliphatic carbocycles. The average Bonchev–Trinajstić information content (AvgIpc) is 2.88. The second-order valence-electron chi connectivity index (χ2n) is 7.33. The molecule has 27 heavy (non-hydrogen) atoms. The number of thioether (sulfide) groups is 1. The van der Waals surface area contributed by atoms with E-state index in [9.17, 15) is 19.8 Å². The van der Waals surface area contributed by atoms with Gasteiger partial charge in [-0.1, -0.05) is 57.2 Å². The van der Waals surface area contributed by atoms with Crippen LogP contribution in [-0.2, 0) is 14.3 Å². The highest BCUT2D eigenvalue weighted by Gasteiger charge is 2.58. The number of cyclic esters (lactones) is 1. The Morgan fingerprint density at radius 3 is 2.44 bits per heavy atom. The van der Waals surface area contributed by atoms with E-state index in [1.54, 1.807) is 6.92 Å². The first-order valence-corrected chi connectivity index (χ1v) is 10.6. The average molecular weight is 395 g/mol. The number of rotatable bonds is 11. The van der Waals surface area contributed by atoms with Gasteiger partial charge in [0.25, 0.3) is 0 Å². The van der Waals surface area contributed by atoms with Crippen molar-refractivity contribution in [3.05, 3.63) is 30.3 Å². The molecule has 0 aromatic heterocycles. The summed E-state index contributed by atoms with van der Waals surface area (Å²) in [7, 11) is 0. The fraction of sp³-hybridized carbons (Fsp3) is 0.619. The molecule has 1 aliphatic rings. The second kappa shape index (κ2) is 10.1. The molecule has 0 radical (unpaired) electrons. The van der Waals surface area contributed by atoms with Crippen molar-refractivity contribution >= 4 is 23.7 Å². The minimum Gasteiger partial charge on any atom is -0.479 e. The molecule has 1 heterocycles. The summed E-state index contributed by atoms with van der Waals surface area (Å²) in [6, 6.07) is 9.35. The normalized spacial score (nSPS) is 26.0. The molecule has 1 aromatic carbocycles. The van der Waals surface area contributed by atoms with Gasteiger partial charge in [-0.15, -0.1) is 11.8 Å². The van der Waals surface area contributed by atoms with E-state index in [-0.39, 0.29) is 0 Å². The molecule has 1 fully saturated rings. The van der Waals surface area contributed by atoms with E-state index < -0.39 is 34.8 Å². The molecule has 0 unspecified atom stereocenters. The Morgan fingerprint density at radius 2 is 1.81 bits per heavy atom. The largest absolute Gasteiger partial charge is 0.479 e. The van der Waals surface area contributed by atoms with Crippen LogP contribution in [0.3, 0.4) is 0 Å². The SMILES string of the molecule is CCCCCCCC[C@@H]1OC(=O)[C@@](C)(Sc2ccccc2)[C@H]1[C@@H](O)C(=O)O. The highest BCUT2D eigenvalue weighted by atomic mass is 32.2. The van der Waals surface area contributed by atoms with Gasteiger partial charge in [0.15, 0.2) is 6.10 Å². The maximum Gasteiger partial charge on any atom is 0.333 e. The topological polar surface area (TPSA) is 83.8 Å². The van der Waals surface area contributed by atoms with E-state index >= 15 is 0 Å². The van der Waals surface area contributed by atoms with Crippen molar-refractivity contribution in [3.63, 3.8) is 0 Å². The van der Waals surface area contributed by atoms with E-state index in [1.165, 1.54) is 31.0 Å². The molecular formula is C21H30O5S. The molecule has 0 spiro atoms. The van der Waals surface area contributed by atoms with Crippen LogP contribution in [0.2, 0.25) is 0 Å². The molecule has 0 saturated carbocycles. The highest BCUT2D eigenvalue weighted by molar-refractivity contribution is 8.01. The number of carbonyl (C=O) groups excluding carboxylic acids is 1. The number of ether oxygens (including phenoxy) is 1. The van der Waals surface area contributed by atoms with Crippen LogP contribution in [0.15, 0.2) is 35.2 Å². The Bertz CT molecular complexity index is 620. The smallest absolute Gasteiger partial charge is 0.333 e. The quantitative estimate of drug-likeness (QED) is 0.431. The second-order valence-corrected chi connectivity index (χ2v) is 8.85. The van der Waals surface area contributed by atoms with Gasteiger partial charge in [0.05, 0.1) is 5.92 Å². The van der Waals surface area contributed by atoms with Crippen molar-refractivity contribution in [1.82, 2.24) is 0 Å². The number of carbonyl (C=O) groups is 2. The molecule has 6 heteroatoms. The maximum atomic E-state index is 12.7. The summed E-state index contributed by atoms with van der Waals surface area (Å²) in [5.74, 6) is -2.55. The van der Waals surface area contributed by atoms with Crippen molar-refractivity contribution in [2.45, 2.75) is 80.6 Å². The van der Waals surface area contributed by atoms with Crippen molar-refractivity contribution in [3.8, 4) is 0 Å².